The third-order valence-electron chi connectivity index (χ3n) is 3.16. The molecule has 112 valence electrons. The lowest BCUT2D eigenvalue weighted by atomic mass is 9.99. The van der Waals surface area contributed by atoms with Crippen molar-refractivity contribution in [1.82, 2.24) is 10.3 Å². The van der Waals surface area contributed by atoms with Gasteiger partial charge in [0, 0.05) is 22.4 Å². The average Bonchev–Trinajstić information content (AvgIpc) is 2.48. The molecule has 1 N–H and O–H groups in total. The summed E-state index contributed by atoms with van der Waals surface area (Å²) < 4.78 is 19.9. The molecule has 0 aliphatic heterocycles. The molecule has 1 heterocycles. The van der Waals surface area contributed by atoms with Gasteiger partial charge in [-0.2, -0.15) is 0 Å². The highest BCUT2D eigenvalue weighted by atomic mass is 79.9. The van der Waals surface area contributed by atoms with E-state index < -0.39 is 0 Å². The van der Waals surface area contributed by atoms with Crippen molar-refractivity contribution in [1.29, 1.82) is 0 Å². The zero-order valence-corrected chi connectivity index (χ0v) is 13.7. The Bertz CT molecular complexity index is 607. The van der Waals surface area contributed by atoms with Crippen LogP contribution in [0.4, 0.5) is 4.39 Å². The topological polar surface area (TPSA) is 34.2 Å². The van der Waals surface area contributed by atoms with Crippen LogP contribution in [0.3, 0.4) is 0 Å². The van der Waals surface area contributed by atoms with E-state index in [-0.39, 0.29) is 11.9 Å². The van der Waals surface area contributed by atoms with Crippen LogP contribution >= 0.6 is 15.9 Å². The molecule has 0 aliphatic carbocycles. The highest BCUT2D eigenvalue weighted by Gasteiger charge is 2.19. The minimum absolute atomic E-state index is 0.166. The van der Waals surface area contributed by atoms with E-state index in [2.05, 4.69) is 33.2 Å². The van der Waals surface area contributed by atoms with Crippen LogP contribution in [0.2, 0.25) is 0 Å². The number of hydrogen-bond donors (Lipinski definition) is 1. The van der Waals surface area contributed by atoms with Crippen LogP contribution in [0.1, 0.15) is 30.5 Å². The number of pyridine rings is 1. The second kappa shape index (κ2) is 7.52. The van der Waals surface area contributed by atoms with Gasteiger partial charge in [-0.1, -0.05) is 6.92 Å². The third-order valence-corrected chi connectivity index (χ3v) is 3.59. The molecule has 0 amide bonds. The molecule has 1 aromatic heterocycles. The lowest BCUT2D eigenvalue weighted by molar-refractivity contribution is 0.402. The predicted octanol–water partition coefficient (Wildman–Crippen LogP) is 4.08. The van der Waals surface area contributed by atoms with E-state index in [9.17, 15) is 4.39 Å². The Labute approximate surface area is 132 Å². The molecule has 0 radical (unpaired) electrons. The minimum Gasteiger partial charge on any atom is -0.496 e. The molecule has 2 rings (SSSR count). The number of rotatable bonds is 6. The first kappa shape index (κ1) is 15.9. The second-order valence-electron chi connectivity index (χ2n) is 4.71. The monoisotopic (exact) mass is 352 g/mol. The molecule has 3 nitrogen and oxygen atoms in total. The fraction of sp³-hybridized carbons (Fsp3) is 0.312. The summed E-state index contributed by atoms with van der Waals surface area (Å²) in [5.74, 6) is 0.377. The molecule has 1 unspecified atom stereocenters. The van der Waals surface area contributed by atoms with Crippen LogP contribution < -0.4 is 10.1 Å². The Kier molecular flexibility index (Phi) is 5.70. The lowest BCUT2D eigenvalue weighted by Gasteiger charge is -2.21. The molecule has 1 aromatic carbocycles. The van der Waals surface area contributed by atoms with Gasteiger partial charge in [0.2, 0.25) is 0 Å². The predicted molar refractivity (Wildman–Crippen MR) is 85.0 cm³/mol. The molecule has 0 spiro atoms. The fourth-order valence-corrected chi connectivity index (χ4v) is 2.60. The van der Waals surface area contributed by atoms with Gasteiger partial charge in [0.05, 0.1) is 13.2 Å². The molecule has 0 saturated carbocycles. The summed E-state index contributed by atoms with van der Waals surface area (Å²) in [6, 6.07) is 6.37. The van der Waals surface area contributed by atoms with Crippen molar-refractivity contribution in [2.24, 2.45) is 0 Å². The maximum absolute atomic E-state index is 13.7. The average molecular weight is 353 g/mol. The number of hydrogen-bond acceptors (Lipinski definition) is 3. The van der Waals surface area contributed by atoms with E-state index in [4.69, 9.17) is 4.74 Å². The summed E-state index contributed by atoms with van der Waals surface area (Å²) in [6.45, 7) is 2.91. The zero-order valence-electron chi connectivity index (χ0n) is 12.1. The largest absolute Gasteiger partial charge is 0.496 e. The maximum Gasteiger partial charge on any atom is 0.124 e. The van der Waals surface area contributed by atoms with E-state index in [1.807, 2.05) is 6.07 Å². The number of halogens is 2. The van der Waals surface area contributed by atoms with Crippen LogP contribution in [0.15, 0.2) is 41.1 Å². The number of ether oxygens (including phenoxy) is 1. The van der Waals surface area contributed by atoms with Crippen molar-refractivity contribution in [3.05, 3.63) is 58.1 Å². The van der Waals surface area contributed by atoms with Gasteiger partial charge in [0.15, 0.2) is 0 Å². The van der Waals surface area contributed by atoms with Crippen molar-refractivity contribution in [3.8, 4) is 5.75 Å². The van der Waals surface area contributed by atoms with Crippen LogP contribution in [-0.4, -0.2) is 18.6 Å². The van der Waals surface area contributed by atoms with Crippen molar-refractivity contribution in [2.75, 3.05) is 13.7 Å². The Morgan fingerprint density at radius 3 is 2.81 bits per heavy atom. The van der Waals surface area contributed by atoms with E-state index in [1.165, 1.54) is 12.1 Å². The van der Waals surface area contributed by atoms with Gasteiger partial charge in [-0.15, -0.1) is 0 Å². The molecule has 0 fully saturated rings. The normalized spacial score (nSPS) is 12.2. The molecule has 2 aromatic rings. The minimum atomic E-state index is -0.281. The van der Waals surface area contributed by atoms with Crippen molar-refractivity contribution >= 4 is 15.9 Å². The van der Waals surface area contributed by atoms with E-state index in [0.717, 1.165) is 28.6 Å². The molecule has 21 heavy (non-hydrogen) atoms. The first-order valence-corrected chi connectivity index (χ1v) is 7.62. The SMILES string of the molecule is CCCNC(c1cncc(Br)c1)c1cc(F)ccc1OC. The summed E-state index contributed by atoms with van der Waals surface area (Å²) >= 11 is 3.43. The second-order valence-corrected chi connectivity index (χ2v) is 5.63. The summed E-state index contributed by atoms with van der Waals surface area (Å²) in [7, 11) is 1.59. The van der Waals surface area contributed by atoms with Crippen molar-refractivity contribution in [2.45, 2.75) is 19.4 Å². The first-order valence-electron chi connectivity index (χ1n) is 6.83. The van der Waals surface area contributed by atoms with Crippen molar-refractivity contribution in [3.63, 3.8) is 0 Å². The number of aromatic nitrogens is 1. The van der Waals surface area contributed by atoms with E-state index in [0.29, 0.717) is 5.75 Å². The third kappa shape index (κ3) is 4.02. The Morgan fingerprint density at radius 1 is 1.33 bits per heavy atom. The summed E-state index contributed by atoms with van der Waals surface area (Å²) in [5.41, 5.74) is 1.73. The van der Waals surface area contributed by atoms with Gasteiger partial charge in [-0.3, -0.25) is 4.98 Å². The number of benzene rings is 1. The van der Waals surface area contributed by atoms with Gasteiger partial charge in [0.25, 0.3) is 0 Å². The molecular formula is C16H18BrFN2O. The maximum atomic E-state index is 13.7. The molecular weight excluding hydrogens is 335 g/mol. The van der Waals surface area contributed by atoms with Gasteiger partial charge in [-0.05, 0) is 58.7 Å². The van der Waals surface area contributed by atoms with Gasteiger partial charge >= 0.3 is 0 Å². The standard InChI is InChI=1S/C16H18BrFN2O/c1-3-6-20-16(11-7-12(17)10-19-9-11)14-8-13(18)4-5-15(14)21-2/h4-5,7-10,16,20H,3,6H2,1-2H3. The Balaban J connectivity index is 2.47. The van der Waals surface area contributed by atoms with Crippen LogP contribution in [-0.2, 0) is 0 Å². The summed E-state index contributed by atoms with van der Waals surface area (Å²) in [4.78, 5) is 4.20. The first-order chi connectivity index (χ1) is 10.2. The molecule has 5 heteroatoms. The number of nitrogens with zero attached hydrogens (tertiary/aromatic N) is 1. The summed E-state index contributed by atoms with van der Waals surface area (Å²) in [6.07, 6.45) is 4.49. The smallest absolute Gasteiger partial charge is 0.124 e. The highest BCUT2D eigenvalue weighted by Crippen LogP contribution is 2.31. The zero-order chi connectivity index (χ0) is 15.2. The van der Waals surface area contributed by atoms with Crippen molar-refractivity contribution < 1.29 is 9.13 Å². The summed E-state index contributed by atoms with van der Waals surface area (Å²) in [5, 5.41) is 3.42. The highest BCUT2D eigenvalue weighted by molar-refractivity contribution is 9.10. The van der Waals surface area contributed by atoms with E-state index in [1.54, 1.807) is 25.6 Å². The quantitative estimate of drug-likeness (QED) is 0.850. The van der Waals surface area contributed by atoms with Gasteiger partial charge in [0.1, 0.15) is 11.6 Å². The van der Waals surface area contributed by atoms with Gasteiger partial charge < -0.3 is 10.1 Å². The lowest BCUT2D eigenvalue weighted by Crippen LogP contribution is -2.24. The number of nitrogens with one attached hydrogen (secondary N) is 1. The fourth-order valence-electron chi connectivity index (χ4n) is 2.21. The van der Waals surface area contributed by atoms with Crippen LogP contribution in [0.25, 0.3) is 0 Å². The molecule has 0 saturated heterocycles. The van der Waals surface area contributed by atoms with Crippen LogP contribution in [0.5, 0.6) is 5.75 Å². The van der Waals surface area contributed by atoms with Crippen LogP contribution in [0, 0.1) is 5.82 Å². The molecule has 0 aliphatic rings. The Hall–Kier alpha value is -1.46. The number of methoxy groups -OCH3 is 1. The Morgan fingerprint density at radius 2 is 2.14 bits per heavy atom. The molecule has 1 atom stereocenters. The van der Waals surface area contributed by atoms with E-state index >= 15 is 0 Å². The van der Waals surface area contributed by atoms with Gasteiger partial charge in [-0.25, -0.2) is 4.39 Å². The molecule has 0 bridgehead atoms.